The number of aryl methyl sites for hydroxylation is 2. The average Bonchev–Trinajstić information content (AvgIpc) is 3.41. The monoisotopic (exact) mass is 504 g/mol. The second kappa shape index (κ2) is 10.0. The lowest BCUT2D eigenvalue weighted by atomic mass is 10.1. The van der Waals surface area contributed by atoms with Crippen LogP contribution in [0.4, 0.5) is 11.4 Å². The van der Waals surface area contributed by atoms with Gasteiger partial charge in [0.05, 0.1) is 17.1 Å². The minimum atomic E-state index is -0.0000694. The van der Waals surface area contributed by atoms with E-state index in [1.54, 1.807) is 0 Å². The van der Waals surface area contributed by atoms with Gasteiger partial charge in [0.2, 0.25) is 0 Å². The van der Waals surface area contributed by atoms with Crippen LogP contribution in [0.25, 0.3) is 22.6 Å². The molecule has 0 unspecified atom stereocenters. The third kappa shape index (κ3) is 4.47. The Labute approximate surface area is 221 Å². The number of fused-ring (bicyclic) bond motifs is 6. The molecule has 0 bridgehead atoms. The molecule has 2 aromatic heterocycles. The van der Waals surface area contributed by atoms with Crippen molar-refractivity contribution in [2.45, 2.75) is 26.7 Å². The minimum Gasteiger partial charge on any atom is -0.441 e. The fourth-order valence-corrected chi connectivity index (χ4v) is 5.04. The Morgan fingerprint density at radius 3 is 2.13 bits per heavy atom. The maximum Gasteiger partial charge on any atom is 0.258 e. The molecule has 7 rings (SSSR count). The number of nitrogens with one attached hydrogen (secondary N) is 1. The molecule has 0 saturated carbocycles. The molecule has 0 aliphatic carbocycles. The zero-order valence-corrected chi connectivity index (χ0v) is 21.4. The van der Waals surface area contributed by atoms with E-state index in [2.05, 4.69) is 27.4 Å². The summed E-state index contributed by atoms with van der Waals surface area (Å²) in [5.41, 5.74) is 6.70. The van der Waals surface area contributed by atoms with Crippen LogP contribution in [0.15, 0.2) is 87.7 Å². The predicted molar refractivity (Wildman–Crippen MR) is 147 cm³/mol. The molecule has 0 saturated heterocycles. The van der Waals surface area contributed by atoms with Crippen molar-refractivity contribution in [1.29, 1.82) is 0 Å². The van der Waals surface area contributed by atoms with Crippen molar-refractivity contribution in [3.63, 3.8) is 0 Å². The number of amides is 1. The van der Waals surface area contributed by atoms with Crippen LogP contribution >= 0.6 is 0 Å². The zero-order chi connectivity index (χ0) is 26.1. The number of carbonyl (C=O) groups excluding carboxylic acids is 1. The Morgan fingerprint density at radius 2 is 1.37 bits per heavy atom. The summed E-state index contributed by atoms with van der Waals surface area (Å²) in [6, 6.07) is 25.4. The van der Waals surface area contributed by atoms with Crippen molar-refractivity contribution in [2.75, 3.05) is 23.3 Å². The van der Waals surface area contributed by atoms with E-state index >= 15 is 0 Å². The summed E-state index contributed by atoms with van der Waals surface area (Å²) in [6.45, 7) is 5.24. The second-order valence-electron chi connectivity index (χ2n) is 9.33. The van der Waals surface area contributed by atoms with E-state index in [-0.39, 0.29) is 5.91 Å². The van der Waals surface area contributed by atoms with Crippen LogP contribution in [0.5, 0.6) is 0 Å². The van der Waals surface area contributed by atoms with Crippen molar-refractivity contribution >= 4 is 17.3 Å². The Kier molecular flexibility index (Phi) is 6.25. The average molecular weight is 505 g/mol. The molecule has 2 aliphatic rings. The molecule has 7 heteroatoms. The lowest BCUT2D eigenvalue weighted by Crippen LogP contribution is -2.32. The summed E-state index contributed by atoms with van der Waals surface area (Å²) in [4.78, 5) is 23.6. The smallest absolute Gasteiger partial charge is 0.258 e. The number of para-hydroxylation sites is 2. The quantitative estimate of drug-likeness (QED) is 0.282. The van der Waals surface area contributed by atoms with E-state index in [0.29, 0.717) is 24.4 Å². The molecule has 7 nitrogen and oxygen atoms in total. The highest BCUT2D eigenvalue weighted by Crippen LogP contribution is 2.37. The SMILES string of the molecule is Cc1nc2c(o1)-c1ccccc1N(C(=O)c1ccccc1)CC2.Cc1nc2c(o1)-c1ccccc1NCC2. The van der Waals surface area contributed by atoms with Crippen molar-refractivity contribution in [3.8, 4) is 22.6 Å². The van der Waals surface area contributed by atoms with Gasteiger partial charge in [-0.1, -0.05) is 42.5 Å². The Morgan fingerprint density at radius 1 is 0.763 bits per heavy atom. The number of hydrogen-bond acceptors (Lipinski definition) is 6. The minimum absolute atomic E-state index is 0.0000694. The Bertz CT molecular complexity index is 1600. The Hall–Kier alpha value is -4.65. The predicted octanol–water partition coefficient (Wildman–Crippen LogP) is 6.47. The van der Waals surface area contributed by atoms with E-state index < -0.39 is 0 Å². The fraction of sp³-hybridized carbons (Fsp3) is 0.194. The Balaban J connectivity index is 0.000000152. The first-order chi connectivity index (χ1) is 18.6. The normalized spacial score (nSPS) is 13.4. The van der Waals surface area contributed by atoms with Gasteiger partial charge in [0.1, 0.15) is 0 Å². The van der Waals surface area contributed by atoms with E-state index in [1.165, 1.54) is 0 Å². The van der Waals surface area contributed by atoms with E-state index in [4.69, 9.17) is 8.83 Å². The third-order valence-corrected chi connectivity index (χ3v) is 6.74. The molecule has 0 spiro atoms. The first-order valence-corrected chi connectivity index (χ1v) is 12.8. The van der Waals surface area contributed by atoms with Gasteiger partial charge in [0, 0.05) is 62.2 Å². The van der Waals surface area contributed by atoms with Crippen LogP contribution in [0.3, 0.4) is 0 Å². The van der Waals surface area contributed by atoms with E-state index in [1.807, 2.05) is 85.5 Å². The van der Waals surface area contributed by atoms with Gasteiger partial charge in [-0.25, -0.2) is 9.97 Å². The molecule has 4 heterocycles. The van der Waals surface area contributed by atoms with Gasteiger partial charge in [-0.05, 0) is 36.4 Å². The maximum absolute atomic E-state index is 12.9. The number of carbonyl (C=O) groups is 1. The maximum atomic E-state index is 12.9. The first-order valence-electron chi connectivity index (χ1n) is 12.8. The van der Waals surface area contributed by atoms with Gasteiger partial charge in [0.15, 0.2) is 23.3 Å². The van der Waals surface area contributed by atoms with E-state index in [0.717, 1.165) is 64.3 Å². The number of nitrogens with zero attached hydrogens (tertiary/aromatic N) is 3. The lowest BCUT2D eigenvalue weighted by molar-refractivity contribution is 0.0987. The number of oxazole rings is 2. The van der Waals surface area contributed by atoms with Crippen molar-refractivity contribution in [2.24, 2.45) is 0 Å². The molecule has 0 atom stereocenters. The standard InChI is InChI=1S/C19H16N2O2.C12H12N2O/c1-13-20-16-11-12-21(19(22)14-7-3-2-4-8-14)17-10-6-5-9-15(17)18(16)23-13;1-8-14-11-6-7-13-10-5-3-2-4-9(10)12(11)15-8/h2-10H,11-12H2,1H3;2-5,13H,6-7H2,1H3. The molecule has 38 heavy (non-hydrogen) atoms. The van der Waals surface area contributed by atoms with Crippen molar-refractivity contribution < 1.29 is 13.6 Å². The molecule has 3 aromatic carbocycles. The van der Waals surface area contributed by atoms with Crippen LogP contribution in [0, 0.1) is 13.8 Å². The molecular weight excluding hydrogens is 476 g/mol. The molecule has 2 aliphatic heterocycles. The number of anilines is 2. The number of hydrogen-bond donors (Lipinski definition) is 1. The molecule has 1 N–H and O–H groups in total. The summed E-state index contributed by atoms with van der Waals surface area (Å²) in [6.07, 6.45) is 1.60. The fourth-order valence-electron chi connectivity index (χ4n) is 5.04. The molecule has 1 amide bonds. The van der Waals surface area contributed by atoms with Gasteiger partial charge in [-0.15, -0.1) is 0 Å². The summed E-state index contributed by atoms with van der Waals surface area (Å²) in [5.74, 6) is 3.11. The lowest BCUT2D eigenvalue weighted by Gasteiger charge is -2.22. The zero-order valence-electron chi connectivity index (χ0n) is 21.4. The van der Waals surface area contributed by atoms with Crippen molar-refractivity contribution in [1.82, 2.24) is 9.97 Å². The third-order valence-electron chi connectivity index (χ3n) is 6.74. The van der Waals surface area contributed by atoms with Crippen LogP contribution in [0.1, 0.15) is 33.5 Å². The van der Waals surface area contributed by atoms with Gasteiger partial charge in [-0.2, -0.15) is 0 Å². The first kappa shape index (κ1) is 23.7. The number of benzene rings is 3. The van der Waals surface area contributed by atoms with Crippen LogP contribution in [-0.4, -0.2) is 29.0 Å². The second-order valence-corrected chi connectivity index (χ2v) is 9.33. The highest BCUT2D eigenvalue weighted by Gasteiger charge is 2.27. The summed E-state index contributed by atoms with van der Waals surface area (Å²) >= 11 is 0. The molecular formula is C31H28N4O3. The van der Waals surface area contributed by atoms with Crippen LogP contribution < -0.4 is 10.2 Å². The van der Waals surface area contributed by atoms with Gasteiger partial charge in [-0.3, -0.25) is 4.79 Å². The number of aromatic nitrogens is 2. The number of rotatable bonds is 1. The van der Waals surface area contributed by atoms with E-state index in [9.17, 15) is 4.79 Å². The highest BCUT2D eigenvalue weighted by molar-refractivity contribution is 6.08. The topological polar surface area (TPSA) is 84.4 Å². The highest BCUT2D eigenvalue weighted by atomic mass is 16.4. The van der Waals surface area contributed by atoms with Gasteiger partial charge in [0.25, 0.3) is 5.91 Å². The van der Waals surface area contributed by atoms with Gasteiger partial charge >= 0.3 is 0 Å². The van der Waals surface area contributed by atoms with Gasteiger partial charge < -0.3 is 19.1 Å². The van der Waals surface area contributed by atoms with Crippen LogP contribution in [-0.2, 0) is 12.8 Å². The largest absolute Gasteiger partial charge is 0.441 e. The summed E-state index contributed by atoms with van der Waals surface area (Å²) < 4.78 is 11.5. The van der Waals surface area contributed by atoms with Crippen LogP contribution in [0.2, 0.25) is 0 Å². The van der Waals surface area contributed by atoms with Crippen molar-refractivity contribution in [3.05, 3.63) is 108 Å². The molecule has 190 valence electrons. The summed E-state index contributed by atoms with van der Waals surface area (Å²) in [7, 11) is 0. The molecule has 0 fully saturated rings. The summed E-state index contributed by atoms with van der Waals surface area (Å²) in [5, 5.41) is 3.38. The molecule has 5 aromatic rings. The molecule has 0 radical (unpaired) electrons.